The number of carbonyl (C=O) groups excluding carboxylic acids is 1. The smallest absolute Gasteiger partial charge is 0.276 e. The number of amides is 1. The minimum Gasteiger partial charge on any atom is -0.382 e. The predicted octanol–water partition coefficient (Wildman–Crippen LogP) is 1.19. The van der Waals surface area contributed by atoms with E-state index in [2.05, 4.69) is 19.9 Å². The van der Waals surface area contributed by atoms with Crippen molar-refractivity contribution in [3.63, 3.8) is 0 Å². The minimum atomic E-state index is -0.197. The molecule has 0 radical (unpaired) electrons. The number of nitrogens with zero attached hydrogens (tertiary/aromatic N) is 5. The summed E-state index contributed by atoms with van der Waals surface area (Å²) < 4.78 is 0. The Balaban J connectivity index is 1.28. The van der Waals surface area contributed by atoms with Crippen LogP contribution in [0.15, 0.2) is 17.2 Å². The van der Waals surface area contributed by atoms with Crippen LogP contribution in [0.2, 0.25) is 0 Å². The first kappa shape index (κ1) is 19.1. The van der Waals surface area contributed by atoms with Crippen molar-refractivity contribution in [3.05, 3.63) is 44.7 Å². The third kappa shape index (κ3) is 3.46. The normalized spacial score (nSPS) is 17.3. The zero-order valence-corrected chi connectivity index (χ0v) is 17.4. The summed E-state index contributed by atoms with van der Waals surface area (Å²) in [7, 11) is 0. The molecule has 0 atom stereocenters. The van der Waals surface area contributed by atoms with Gasteiger partial charge in [-0.25, -0.2) is 15.0 Å². The van der Waals surface area contributed by atoms with Crippen molar-refractivity contribution in [1.29, 1.82) is 0 Å². The number of aromatic nitrogens is 4. The van der Waals surface area contributed by atoms with Gasteiger partial charge in [-0.1, -0.05) is 0 Å². The van der Waals surface area contributed by atoms with E-state index in [1.807, 2.05) is 0 Å². The van der Waals surface area contributed by atoms with Crippen LogP contribution in [0.5, 0.6) is 0 Å². The monoisotopic (exact) mass is 425 g/mol. The van der Waals surface area contributed by atoms with Gasteiger partial charge in [0.25, 0.3) is 11.5 Å². The molecule has 10 heteroatoms. The fourth-order valence-corrected chi connectivity index (χ4v) is 5.55. The van der Waals surface area contributed by atoms with Crippen LogP contribution in [-0.4, -0.2) is 61.8 Å². The fraction of sp³-hybridized carbons (Fsp3) is 0.450. The highest BCUT2D eigenvalue weighted by Crippen LogP contribution is 2.33. The average molecular weight is 426 g/mol. The molecule has 3 aromatic heterocycles. The van der Waals surface area contributed by atoms with Gasteiger partial charge in [0.15, 0.2) is 11.5 Å². The first-order chi connectivity index (χ1) is 14.6. The number of H-pyrrole nitrogens is 1. The van der Waals surface area contributed by atoms with E-state index in [1.165, 1.54) is 29.3 Å². The van der Waals surface area contributed by atoms with E-state index in [1.54, 1.807) is 16.2 Å². The third-order valence-electron chi connectivity index (χ3n) is 5.84. The first-order valence-electron chi connectivity index (χ1n) is 10.2. The van der Waals surface area contributed by atoms with Crippen LogP contribution in [0.1, 0.15) is 39.6 Å². The molecule has 9 nitrogen and oxygen atoms in total. The lowest BCUT2D eigenvalue weighted by Crippen LogP contribution is -2.48. The number of piperazine rings is 1. The van der Waals surface area contributed by atoms with Crippen molar-refractivity contribution >= 4 is 33.3 Å². The highest BCUT2D eigenvalue weighted by atomic mass is 32.1. The van der Waals surface area contributed by atoms with Crippen molar-refractivity contribution in [2.24, 2.45) is 0 Å². The van der Waals surface area contributed by atoms with Gasteiger partial charge in [-0.05, 0) is 31.2 Å². The second-order valence-electron chi connectivity index (χ2n) is 7.76. The number of thiophene rings is 1. The molecular formula is C20H23N7O2S. The molecule has 1 aliphatic heterocycles. The number of aryl methyl sites for hydroxylation is 2. The fourth-order valence-electron chi connectivity index (χ4n) is 4.27. The van der Waals surface area contributed by atoms with E-state index in [0.29, 0.717) is 38.5 Å². The zero-order chi connectivity index (χ0) is 20.7. The van der Waals surface area contributed by atoms with E-state index >= 15 is 0 Å². The van der Waals surface area contributed by atoms with Gasteiger partial charge in [0, 0.05) is 43.4 Å². The van der Waals surface area contributed by atoms with Gasteiger partial charge in [-0.15, -0.1) is 11.3 Å². The van der Waals surface area contributed by atoms with E-state index in [0.717, 1.165) is 29.5 Å². The van der Waals surface area contributed by atoms with Crippen molar-refractivity contribution in [1.82, 2.24) is 29.7 Å². The molecule has 3 aromatic rings. The van der Waals surface area contributed by atoms with Crippen molar-refractivity contribution in [3.8, 4) is 0 Å². The second-order valence-corrected chi connectivity index (χ2v) is 8.85. The average Bonchev–Trinajstić information content (AvgIpc) is 3.13. The largest absolute Gasteiger partial charge is 0.382 e. The maximum Gasteiger partial charge on any atom is 0.276 e. The van der Waals surface area contributed by atoms with Gasteiger partial charge in [0.05, 0.1) is 11.9 Å². The van der Waals surface area contributed by atoms with Gasteiger partial charge in [-0.3, -0.25) is 14.5 Å². The molecule has 30 heavy (non-hydrogen) atoms. The van der Waals surface area contributed by atoms with Crippen LogP contribution in [0.25, 0.3) is 10.2 Å². The summed E-state index contributed by atoms with van der Waals surface area (Å²) in [5, 5.41) is 0.787. The number of hydrogen-bond acceptors (Lipinski definition) is 8. The molecule has 1 amide bonds. The molecule has 1 aliphatic carbocycles. The van der Waals surface area contributed by atoms with Crippen LogP contribution in [0.4, 0.5) is 5.82 Å². The van der Waals surface area contributed by atoms with Crippen LogP contribution in [-0.2, 0) is 19.4 Å². The Hall–Kier alpha value is -2.85. The lowest BCUT2D eigenvalue weighted by molar-refractivity contribution is 0.0620. The van der Waals surface area contributed by atoms with Crippen molar-refractivity contribution in [2.75, 3.05) is 31.9 Å². The third-order valence-corrected chi connectivity index (χ3v) is 7.02. The van der Waals surface area contributed by atoms with Crippen LogP contribution in [0, 0.1) is 0 Å². The number of hydrogen-bond donors (Lipinski definition) is 2. The van der Waals surface area contributed by atoms with Gasteiger partial charge < -0.3 is 15.6 Å². The highest BCUT2D eigenvalue weighted by molar-refractivity contribution is 7.18. The predicted molar refractivity (Wildman–Crippen MR) is 115 cm³/mol. The maximum atomic E-state index is 12.7. The Bertz CT molecular complexity index is 1160. The van der Waals surface area contributed by atoms with E-state index in [9.17, 15) is 9.59 Å². The van der Waals surface area contributed by atoms with E-state index < -0.39 is 0 Å². The molecular weight excluding hydrogens is 402 g/mol. The summed E-state index contributed by atoms with van der Waals surface area (Å²) >= 11 is 1.67. The molecule has 5 rings (SSSR count). The molecule has 1 saturated heterocycles. The molecule has 0 saturated carbocycles. The summed E-state index contributed by atoms with van der Waals surface area (Å²) in [4.78, 5) is 47.2. The van der Waals surface area contributed by atoms with Gasteiger partial charge in [0.2, 0.25) is 0 Å². The molecule has 1 fully saturated rings. The van der Waals surface area contributed by atoms with Crippen molar-refractivity contribution < 1.29 is 4.79 Å². The van der Waals surface area contributed by atoms with E-state index in [-0.39, 0.29) is 23.0 Å². The summed E-state index contributed by atoms with van der Waals surface area (Å²) in [6, 6.07) is 0. The second kappa shape index (κ2) is 7.77. The standard InChI is InChI=1S/C20H23N7O2S/c21-17-16(22-5-6-23-17)20(29)27-9-7-26(8-10-27)11-14-24-18(28)15-12-3-1-2-4-13(12)30-19(15)25-14/h5-6H,1-4,7-11H2,(H2,21,23)(H,24,25,28). The molecule has 0 spiro atoms. The Labute approximate surface area is 177 Å². The summed E-state index contributed by atoms with van der Waals surface area (Å²) in [5.41, 5.74) is 7.16. The van der Waals surface area contributed by atoms with Gasteiger partial charge >= 0.3 is 0 Å². The molecule has 156 valence electrons. The number of nitrogens with two attached hydrogens (primary N) is 1. The summed E-state index contributed by atoms with van der Waals surface area (Å²) in [6.45, 7) is 3.06. The summed E-state index contributed by atoms with van der Waals surface area (Å²) in [6.07, 6.45) is 7.30. The molecule has 0 unspecified atom stereocenters. The number of nitrogen functional groups attached to an aromatic ring is 1. The first-order valence-corrected chi connectivity index (χ1v) is 11.0. The molecule has 2 aliphatic rings. The van der Waals surface area contributed by atoms with Gasteiger partial charge in [-0.2, -0.15) is 0 Å². The zero-order valence-electron chi connectivity index (χ0n) is 16.6. The number of nitrogens with one attached hydrogen (secondary N) is 1. The highest BCUT2D eigenvalue weighted by Gasteiger charge is 2.26. The Kier molecular flexibility index (Phi) is 4.95. The minimum absolute atomic E-state index is 0.0265. The number of anilines is 1. The quantitative estimate of drug-likeness (QED) is 0.646. The number of rotatable bonds is 3. The Morgan fingerprint density at radius 3 is 2.70 bits per heavy atom. The molecule has 4 heterocycles. The van der Waals surface area contributed by atoms with Crippen LogP contribution >= 0.6 is 11.3 Å². The Morgan fingerprint density at radius 1 is 1.13 bits per heavy atom. The van der Waals surface area contributed by atoms with Crippen LogP contribution in [0.3, 0.4) is 0 Å². The number of fused-ring (bicyclic) bond motifs is 3. The Morgan fingerprint density at radius 2 is 1.90 bits per heavy atom. The number of aromatic amines is 1. The van der Waals surface area contributed by atoms with Crippen molar-refractivity contribution in [2.45, 2.75) is 32.2 Å². The van der Waals surface area contributed by atoms with Crippen LogP contribution < -0.4 is 11.3 Å². The molecule has 3 N–H and O–H groups in total. The number of carbonyl (C=O) groups is 1. The topological polar surface area (TPSA) is 121 Å². The molecule has 0 bridgehead atoms. The van der Waals surface area contributed by atoms with E-state index in [4.69, 9.17) is 10.7 Å². The van der Waals surface area contributed by atoms with Gasteiger partial charge in [0.1, 0.15) is 10.7 Å². The maximum absolute atomic E-state index is 12.7. The molecule has 0 aromatic carbocycles. The summed E-state index contributed by atoms with van der Waals surface area (Å²) in [5.74, 6) is 0.639. The lowest BCUT2D eigenvalue weighted by Gasteiger charge is -2.34. The lowest BCUT2D eigenvalue weighted by atomic mass is 9.97. The SMILES string of the molecule is Nc1nccnc1C(=O)N1CCN(Cc2nc3sc4c(c3c(=O)[nH]2)CCCC4)CC1.